The van der Waals surface area contributed by atoms with Crippen LogP contribution in [0.5, 0.6) is 0 Å². The maximum atomic E-state index is 12.7. The van der Waals surface area contributed by atoms with Crippen molar-refractivity contribution in [3.05, 3.63) is 29.3 Å². The van der Waals surface area contributed by atoms with Crippen LogP contribution in [0.15, 0.2) is 29.2 Å². The van der Waals surface area contributed by atoms with Crippen LogP contribution in [0.4, 0.5) is 0 Å². The Hall–Kier alpha value is -0.580. The summed E-state index contributed by atoms with van der Waals surface area (Å²) in [6.45, 7) is 6.60. The first-order chi connectivity index (χ1) is 9.65. The number of benzene rings is 1. The topological polar surface area (TPSA) is 46.2 Å². The van der Waals surface area contributed by atoms with Crippen LogP contribution >= 0.6 is 11.6 Å². The third-order valence-corrected chi connectivity index (χ3v) is 7.36. The molecule has 0 amide bonds. The van der Waals surface area contributed by atoms with Crippen LogP contribution in [0.1, 0.15) is 40.0 Å². The second-order valence-corrected chi connectivity index (χ2v) is 9.57. The quantitative estimate of drug-likeness (QED) is 0.917. The van der Waals surface area contributed by atoms with Crippen molar-refractivity contribution >= 4 is 21.6 Å². The molecule has 2 bridgehead atoms. The van der Waals surface area contributed by atoms with Gasteiger partial charge in [-0.3, -0.25) is 0 Å². The lowest BCUT2D eigenvalue weighted by atomic mass is 9.69. The molecule has 3 atom stereocenters. The standard InChI is InChI=1S/C16H22ClNO2S/c1-15(2)11-8-9-16(3,10-11)14(15)18-21(19,20)13-6-4-12(17)5-7-13/h4-7,11,14,18H,8-10H2,1-3H3/t11-,14+,16+/m1/s1. The number of hydrogen-bond acceptors (Lipinski definition) is 2. The first-order valence-electron chi connectivity index (χ1n) is 7.43. The normalized spacial score (nSPS) is 34.3. The largest absolute Gasteiger partial charge is 0.240 e. The fourth-order valence-electron chi connectivity index (χ4n) is 4.43. The summed E-state index contributed by atoms with van der Waals surface area (Å²) in [5, 5.41) is 0.543. The van der Waals surface area contributed by atoms with Gasteiger partial charge >= 0.3 is 0 Å². The Labute approximate surface area is 132 Å². The van der Waals surface area contributed by atoms with Crippen LogP contribution in [-0.2, 0) is 10.0 Å². The molecule has 3 rings (SSSR count). The van der Waals surface area contributed by atoms with Gasteiger partial charge in [0.2, 0.25) is 10.0 Å². The SMILES string of the molecule is CC1(C)[C@@H]2CC[C@@](C)(C2)[C@H]1NS(=O)(=O)c1ccc(Cl)cc1. The van der Waals surface area contributed by atoms with Gasteiger partial charge in [0.25, 0.3) is 0 Å². The molecule has 0 saturated heterocycles. The molecule has 0 heterocycles. The fraction of sp³-hybridized carbons (Fsp3) is 0.625. The molecule has 116 valence electrons. The summed E-state index contributed by atoms with van der Waals surface area (Å²) in [7, 11) is -3.50. The van der Waals surface area contributed by atoms with E-state index in [2.05, 4.69) is 25.5 Å². The Balaban J connectivity index is 1.91. The van der Waals surface area contributed by atoms with Crippen molar-refractivity contribution in [1.82, 2.24) is 4.72 Å². The molecule has 2 aliphatic carbocycles. The van der Waals surface area contributed by atoms with Gasteiger partial charge in [-0.1, -0.05) is 32.4 Å². The van der Waals surface area contributed by atoms with Gasteiger partial charge in [0.15, 0.2) is 0 Å². The molecule has 3 nitrogen and oxygen atoms in total. The molecule has 0 spiro atoms. The lowest BCUT2D eigenvalue weighted by Crippen LogP contribution is -2.52. The molecule has 0 radical (unpaired) electrons. The second-order valence-electron chi connectivity index (χ2n) is 7.42. The number of nitrogens with one attached hydrogen (secondary N) is 1. The molecule has 2 aliphatic rings. The summed E-state index contributed by atoms with van der Waals surface area (Å²) < 4.78 is 28.3. The Morgan fingerprint density at radius 3 is 2.33 bits per heavy atom. The Morgan fingerprint density at radius 1 is 1.19 bits per heavy atom. The Bertz CT molecular complexity index is 649. The van der Waals surface area contributed by atoms with Gasteiger partial charge < -0.3 is 0 Å². The van der Waals surface area contributed by atoms with Gasteiger partial charge in [-0.25, -0.2) is 13.1 Å². The summed E-state index contributed by atoms with van der Waals surface area (Å²) in [6.07, 6.45) is 3.44. The summed E-state index contributed by atoms with van der Waals surface area (Å²) in [5.74, 6) is 0.611. The summed E-state index contributed by atoms with van der Waals surface area (Å²) in [5.41, 5.74) is 0.0835. The maximum absolute atomic E-state index is 12.7. The molecule has 21 heavy (non-hydrogen) atoms. The van der Waals surface area contributed by atoms with E-state index >= 15 is 0 Å². The van der Waals surface area contributed by atoms with Crippen LogP contribution in [-0.4, -0.2) is 14.5 Å². The van der Waals surface area contributed by atoms with Crippen molar-refractivity contribution in [2.45, 2.75) is 51.0 Å². The molecule has 5 heteroatoms. The molecule has 2 fully saturated rings. The van der Waals surface area contributed by atoms with E-state index in [9.17, 15) is 8.42 Å². The first-order valence-corrected chi connectivity index (χ1v) is 9.29. The number of rotatable bonds is 3. The van der Waals surface area contributed by atoms with E-state index in [1.807, 2.05) is 0 Å². The molecule has 1 aromatic carbocycles. The fourth-order valence-corrected chi connectivity index (χ4v) is 6.09. The van der Waals surface area contributed by atoms with Crippen LogP contribution in [0.2, 0.25) is 5.02 Å². The third-order valence-electron chi connectivity index (χ3n) is 5.67. The zero-order chi connectivity index (χ0) is 15.5. The van der Waals surface area contributed by atoms with Gasteiger partial charge in [-0.2, -0.15) is 0 Å². The molecule has 0 unspecified atom stereocenters. The van der Waals surface area contributed by atoms with Crippen LogP contribution in [0.3, 0.4) is 0 Å². The monoisotopic (exact) mass is 327 g/mol. The molecule has 2 saturated carbocycles. The molecule has 0 aromatic heterocycles. The van der Waals surface area contributed by atoms with Crippen molar-refractivity contribution in [3.63, 3.8) is 0 Å². The smallest absolute Gasteiger partial charge is 0.207 e. The summed E-state index contributed by atoms with van der Waals surface area (Å²) in [4.78, 5) is 0.286. The predicted octanol–water partition coefficient (Wildman–Crippen LogP) is 3.83. The van der Waals surface area contributed by atoms with E-state index in [1.54, 1.807) is 24.3 Å². The van der Waals surface area contributed by atoms with Crippen LogP contribution < -0.4 is 4.72 Å². The molecule has 0 aliphatic heterocycles. The second kappa shape index (κ2) is 4.71. The molecule has 1 N–H and O–H groups in total. The highest BCUT2D eigenvalue weighted by molar-refractivity contribution is 7.89. The molecular formula is C16H22ClNO2S. The average molecular weight is 328 g/mol. The zero-order valence-electron chi connectivity index (χ0n) is 12.7. The van der Waals surface area contributed by atoms with Crippen molar-refractivity contribution in [2.75, 3.05) is 0 Å². The van der Waals surface area contributed by atoms with Crippen molar-refractivity contribution in [3.8, 4) is 0 Å². The van der Waals surface area contributed by atoms with Gasteiger partial charge in [-0.05, 0) is 60.3 Å². The van der Waals surface area contributed by atoms with Crippen molar-refractivity contribution in [1.29, 1.82) is 0 Å². The zero-order valence-corrected chi connectivity index (χ0v) is 14.3. The minimum atomic E-state index is -3.50. The minimum Gasteiger partial charge on any atom is -0.207 e. The van der Waals surface area contributed by atoms with Gasteiger partial charge in [0, 0.05) is 11.1 Å². The van der Waals surface area contributed by atoms with Crippen molar-refractivity contribution in [2.24, 2.45) is 16.7 Å². The lowest BCUT2D eigenvalue weighted by molar-refractivity contribution is 0.127. The number of sulfonamides is 1. The number of fused-ring (bicyclic) bond motifs is 2. The van der Waals surface area contributed by atoms with E-state index in [-0.39, 0.29) is 21.8 Å². The van der Waals surface area contributed by atoms with Gasteiger partial charge in [-0.15, -0.1) is 0 Å². The van der Waals surface area contributed by atoms with E-state index < -0.39 is 10.0 Å². The predicted molar refractivity (Wildman–Crippen MR) is 84.8 cm³/mol. The van der Waals surface area contributed by atoms with Crippen molar-refractivity contribution < 1.29 is 8.42 Å². The molecule has 1 aromatic rings. The average Bonchev–Trinajstić information content (AvgIpc) is 2.87. The van der Waals surface area contributed by atoms with Gasteiger partial charge in [0.1, 0.15) is 0 Å². The Morgan fingerprint density at radius 2 is 1.81 bits per heavy atom. The molecular weight excluding hydrogens is 306 g/mol. The summed E-state index contributed by atoms with van der Waals surface area (Å²) in [6, 6.07) is 6.35. The third kappa shape index (κ3) is 2.41. The maximum Gasteiger partial charge on any atom is 0.240 e. The van der Waals surface area contributed by atoms with E-state index in [4.69, 9.17) is 11.6 Å². The highest BCUT2D eigenvalue weighted by Crippen LogP contribution is 2.62. The van der Waals surface area contributed by atoms with Crippen LogP contribution in [0.25, 0.3) is 0 Å². The van der Waals surface area contributed by atoms with Gasteiger partial charge in [0.05, 0.1) is 4.90 Å². The summed E-state index contributed by atoms with van der Waals surface area (Å²) >= 11 is 5.84. The number of hydrogen-bond donors (Lipinski definition) is 1. The minimum absolute atomic E-state index is 0.00644. The highest BCUT2D eigenvalue weighted by atomic mass is 35.5. The van der Waals surface area contributed by atoms with E-state index in [1.165, 1.54) is 6.42 Å². The highest BCUT2D eigenvalue weighted by Gasteiger charge is 2.60. The van der Waals surface area contributed by atoms with E-state index in [0.717, 1.165) is 12.8 Å². The van der Waals surface area contributed by atoms with E-state index in [0.29, 0.717) is 10.9 Å². The Kier molecular flexibility index (Phi) is 3.43. The lowest BCUT2D eigenvalue weighted by Gasteiger charge is -2.42. The number of halogens is 1. The first kappa shape index (κ1) is 15.3. The van der Waals surface area contributed by atoms with Crippen LogP contribution in [0, 0.1) is 16.7 Å².